The van der Waals surface area contributed by atoms with Gasteiger partial charge in [0.1, 0.15) is 0 Å². The lowest BCUT2D eigenvalue weighted by atomic mass is 10.5. The summed E-state index contributed by atoms with van der Waals surface area (Å²) in [6, 6.07) is 0. The predicted octanol–water partition coefficient (Wildman–Crippen LogP) is 0.174. The lowest BCUT2D eigenvalue weighted by Crippen LogP contribution is -2.13. The fourth-order valence-corrected chi connectivity index (χ4v) is 1.06. The summed E-state index contributed by atoms with van der Waals surface area (Å²) in [5.41, 5.74) is 0. The van der Waals surface area contributed by atoms with Crippen molar-refractivity contribution in [2.45, 2.75) is 6.42 Å². The summed E-state index contributed by atoms with van der Waals surface area (Å²) >= 11 is 0. The Balaban J connectivity index is 2.93. The van der Waals surface area contributed by atoms with Crippen LogP contribution in [-0.2, 0) is 28.5 Å². The Morgan fingerprint density at radius 3 is 1.47 bits per heavy atom. The monoisotopic (exact) mass is 280 g/mol. The lowest BCUT2D eigenvalue weighted by Gasteiger charge is -2.07. The van der Waals surface area contributed by atoms with Gasteiger partial charge in [-0.25, -0.2) is 0 Å². The van der Waals surface area contributed by atoms with Crippen LogP contribution in [0.15, 0.2) is 0 Å². The Morgan fingerprint density at radius 1 is 0.737 bits per heavy atom. The quantitative estimate of drug-likeness (QED) is 0.428. The Labute approximate surface area is 113 Å². The van der Waals surface area contributed by atoms with Crippen LogP contribution >= 0.6 is 0 Å². The minimum atomic E-state index is -0.859. The summed E-state index contributed by atoms with van der Waals surface area (Å²) in [5, 5.41) is 8.36. The molecule has 0 spiro atoms. The Bertz CT molecular complexity index is 199. The summed E-state index contributed by atoms with van der Waals surface area (Å²) in [6.07, 6.45) is 0.0200. The molecule has 0 aromatic heterocycles. The molecule has 0 aromatic carbocycles. The zero-order valence-corrected chi connectivity index (χ0v) is 11.5. The molecule has 0 fully saturated rings. The zero-order chi connectivity index (χ0) is 14.2. The maximum absolute atomic E-state index is 10.2. The fraction of sp³-hybridized carbons (Fsp3) is 0.917. The average Bonchev–Trinajstić information content (AvgIpc) is 2.39. The van der Waals surface area contributed by atoms with Gasteiger partial charge in [-0.2, -0.15) is 0 Å². The third-order valence-electron chi connectivity index (χ3n) is 2.01. The van der Waals surface area contributed by atoms with E-state index in [1.807, 2.05) is 0 Å². The van der Waals surface area contributed by atoms with Gasteiger partial charge in [-0.1, -0.05) is 0 Å². The number of carboxylic acids is 1. The number of aliphatic carboxylic acids is 1. The van der Waals surface area contributed by atoms with Gasteiger partial charge in [0.25, 0.3) is 0 Å². The molecule has 0 saturated carbocycles. The molecule has 1 N–H and O–H groups in total. The molecule has 0 bridgehead atoms. The third-order valence-corrected chi connectivity index (χ3v) is 2.01. The van der Waals surface area contributed by atoms with Crippen molar-refractivity contribution in [2.24, 2.45) is 0 Å². The first-order valence-electron chi connectivity index (χ1n) is 6.29. The van der Waals surface area contributed by atoms with E-state index < -0.39 is 5.97 Å². The zero-order valence-electron chi connectivity index (χ0n) is 11.5. The van der Waals surface area contributed by atoms with E-state index in [-0.39, 0.29) is 13.0 Å². The number of ether oxygens (including phenoxy) is 5. The second kappa shape index (κ2) is 15.3. The summed E-state index contributed by atoms with van der Waals surface area (Å²) in [5.74, 6) is -0.859. The number of carbonyl (C=O) groups is 1. The SMILES string of the molecule is COCCOCCOCCOCCOCCC(=O)O. The van der Waals surface area contributed by atoms with E-state index in [4.69, 9.17) is 28.8 Å². The molecule has 0 radical (unpaired) electrons. The molecule has 0 unspecified atom stereocenters. The standard InChI is InChI=1S/C12H24O7/c1-15-4-5-17-8-9-19-11-10-18-7-6-16-3-2-12(13)14/h2-11H2,1H3,(H,13,14). The molecule has 0 amide bonds. The van der Waals surface area contributed by atoms with E-state index in [9.17, 15) is 4.79 Å². The van der Waals surface area contributed by atoms with Crippen molar-refractivity contribution in [3.8, 4) is 0 Å². The second-order valence-corrected chi connectivity index (χ2v) is 3.59. The number of hydrogen-bond acceptors (Lipinski definition) is 6. The molecule has 0 saturated heterocycles. The largest absolute Gasteiger partial charge is 0.481 e. The molecule has 0 aliphatic heterocycles. The molecule has 114 valence electrons. The van der Waals surface area contributed by atoms with Gasteiger partial charge in [0.15, 0.2) is 0 Å². The van der Waals surface area contributed by atoms with E-state index in [2.05, 4.69) is 0 Å². The van der Waals surface area contributed by atoms with Gasteiger partial charge in [-0.15, -0.1) is 0 Å². The first-order chi connectivity index (χ1) is 9.27. The van der Waals surface area contributed by atoms with E-state index >= 15 is 0 Å². The third kappa shape index (κ3) is 17.3. The topological polar surface area (TPSA) is 83.5 Å². The van der Waals surface area contributed by atoms with Crippen LogP contribution < -0.4 is 0 Å². The van der Waals surface area contributed by atoms with Crippen LogP contribution in [0.1, 0.15) is 6.42 Å². The van der Waals surface area contributed by atoms with Crippen molar-refractivity contribution in [3.05, 3.63) is 0 Å². The first kappa shape index (κ1) is 18.3. The van der Waals surface area contributed by atoms with Crippen molar-refractivity contribution in [2.75, 3.05) is 66.6 Å². The van der Waals surface area contributed by atoms with Gasteiger partial charge in [0, 0.05) is 7.11 Å². The molecular weight excluding hydrogens is 256 g/mol. The average molecular weight is 280 g/mol. The molecule has 0 aliphatic rings. The molecule has 0 aliphatic carbocycles. The molecular formula is C12H24O7. The summed E-state index contributed by atoms with van der Waals surface area (Å²) < 4.78 is 25.6. The van der Waals surface area contributed by atoms with E-state index in [1.165, 1.54) is 0 Å². The Hall–Kier alpha value is -0.730. The number of methoxy groups -OCH3 is 1. The summed E-state index contributed by atoms with van der Waals surface area (Å²) in [7, 11) is 1.63. The highest BCUT2D eigenvalue weighted by Gasteiger charge is 1.96. The molecule has 0 aromatic rings. The van der Waals surface area contributed by atoms with E-state index in [0.29, 0.717) is 52.9 Å². The van der Waals surface area contributed by atoms with Gasteiger partial charge in [-0.05, 0) is 0 Å². The van der Waals surface area contributed by atoms with Crippen LogP contribution in [0.2, 0.25) is 0 Å². The van der Waals surface area contributed by atoms with Crippen LogP contribution in [0.3, 0.4) is 0 Å². The fourth-order valence-electron chi connectivity index (χ4n) is 1.06. The van der Waals surface area contributed by atoms with Crippen LogP contribution in [0.25, 0.3) is 0 Å². The molecule has 0 atom stereocenters. The van der Waals surface area contributed by atoms with Gasteiger partial charge >= 0.3 is 5.97 Å². The van der Waals surface area contributed by atoms with Crippen molar-refractivity contribution in [1.29, 1.82) is 0 Å². The van der Waals surface area contributed by atoms with Crippen LogP contribution in [0.4, 0.5) is 0 Å². The van der Waals surface area contributed by atoms with Crippen molar-refractivity contribution >= 4 is 5.97 Å². The lowest BCUT2D eigenvalue weighted by molar-refractivity contribution is -0.138. The highest BCUT2D eigenvalue weighted by atomic mass is 16.6. The van der Waals surface area contributed by atoms with Crippen molar-refractivity contribution < 1.29 is 33.6 Å². The van der Waals surface area contributed by atoms with Crippen LogP contribution in [-0.4, -0.2) is 77.6 Å². The van der Waals surface area contributed by atoms with Gasteiger partial charge in [0.2, 0.25) is 0 Å². The van der Waals surface area contributed by atoms with Crippen molar-refractivity contribution in [1.82, 2.24) is 0 Å². The molecule has 7 heteroatoms. The smallest absolute Gasteiger partial charge is 0.305 e. The Kier molecular flexibility index (Phi) is 14.7. The second-order valence-electron chi connectivity index (χ2n) is 3.59. The highest BCUT2D eigenvalue weighted by molar-refractivity contribution is 5.66. The Morgan fingerprint density at radius 2 is 1.11 bits per heavy atom. The number of rotatable bonds is 15. The minimum absolute atomic E-state index is 0.0200. The molecule has 19 heavy (non-hydrogen) atoms. The molecule has 0 rings (SSSR count). The normalized spacial score (nSPS) is 10.8. The van der Waals surface area contributed by atoms with E-state index in [0.717, 1.165) is 0 Å². The summed E-state index contributed by atoms with van der Waals surface area (Å²) in [4.78, 5) is 10.2. The van der Waals surface area contributed by atoms with Gasteiger partial charge in [0.05, 0.1) is 65.9 Å². The van der Waals surface area contributed by atoms with Gasteiger partial charge in [-0.3, -0.25) is 4.79 Å². The first-order valence-corrected chi connectivity index (χ1v) is 6.29. The maximum Gasteiger partial charge on any atom is 0.305 e. The minimum Gasteiger partial charge on any atom is -0.481 e. The number of hydrogen-bond donors (Lipinski definition) is 1. The van der Waals surface area contributed by atoms with Gasteiger partial charge < -0.3 is 28.8 Å². The summed E-state index contributed by atoms with van der Waals surface area (Å²) in [6.45, 7) is 4.27. The molecule has 7 nitrogen and oxygen atoms in total. The van der Waals surface area contributed by atoms with Crippen molar-refractivity contribution in [3.63, 3.8) is 0 Å². The molecule has 0 heterocycles. The van der Waals surface area contributed by atoms with Crippen LogP contribution in [0.5, 0.6) is 0 Å². The van der Waals surface area contributed by atoms with Crippen LogP contribution in [0, 0.1) is 0 Å². The predicted molar refractivity (Wildman–Crippen MR) is 67.4 cm³/mol. The number of carboxylic acid groups (broad SMARTS) is 1. The highest BCUT2D eigenvalue weighted by Crippen LogP contribution is 1.85. The van der Waals surface area contributed by atoms with E-state index in [1.54, 1.807) is 7.11 Å². The maximum atomic E-state index is 10.2.